The van der Waals surface area contributed by atoms with Gasteiger partial charge in [0.2, 0.25) is 0 Å². The summed E-state index contributed by atoms with van der Waals surface area (Å²) in [6, 6.07) is 0. The van der Waals surface area contributed by atoms with Crippen molar-refractivity contribution in [3.63, 3.8) is 0 Å². The van der Waals surface area contributed by atoms with Crippen molar-refractivity contribution in [2.24, 2.45) is 11.3 Å². The molecule has 0 N–H and O–H groups in total. The molecule has 0 amide bonds. The number of allylic oxidation sites excluding steroid dienone is 3. The van der Waals surface area contributed by atoms with Crippen LogP contribution in [0.1, 0.15) is 61.3 Å². The molecular weight excluding hydrogens is 180 g/mol. The van der Waals surface area contributed by atoms with Crippen LogP contribution in [-0.2, 0) is 0 Å². The van der Waals surface area contributed by atoms with Gasteiger partial charge >= 0.3 is 0 Å². The summed E-state index contributed by atoms with van der Waals surface area (Å²) in [5, 5.41) is 0. The lowest BCUT2D eigenvalue weighted by Gasteiger charge is -2.27. The molecule has 0 heteroatoms. The van der Waals surface area contributed by atoms with Crippen LogP contribution in [0.25, 0.3) is 0 Å². The van der Waals surface area contributed by atoms with Crippen molar-refractivity contribution in [2.75, 3.05) is 0 Å². The van der Waals surface area contributed by atoms with Crippen molar-refractivity contribution >= 4 is 0 Å². The van der Waals surface area contributed by atoms with E-state index in [1.807, 2.05) is 13.8 Å². The zero-order chi connectivity index (χ0) is 12.5. The molecule has 0 saturated heterocycles. The molecule has 0 aliphatic heterocycles. The largest absolute Gasteiger partial charge is 0.103 e. The Labute approximate surface area is 97.5 Å². The van der Waals surface area contributed by atoms with Gasteiger partial charge in [-0.05, 0) is 31.1 Å². The summed E-state index contributed by atoms with van der Waals surface area (Å²) in [6.45, 7) is 19.1. The fourth-order valence-electron chi connectivity index (χ4n) is 1.45. The van der Waals surface area contributed by atoms with Crippen molar-refractivity contribution in [3.05, 3.63) is 24.3 Å². The molecule has 0 aliphatic carbocycles. The van der Waals surface area contributed by atoms with E-state index in [0.717, 1.165) is 6.42 Å². The molecule has 15 heavy (non-hydrogen) atoms. The molecule has 0 spiro atoms. The Morgan fingerprint density at radius 1 is 1.33 bits per heavy atom. The predicted octanol–water partition coefficient (Wildman–Crippen LogP) is 5.61. The first-order valence-electron chi connectivity index (χ1n) is 6.27. The zero-order valence-electron chi connectivity index (χ0n) is 11.9. The lowest BCUT2D eigenvalue weighted by molar-refractivity contribution is 0.393. The molecular formula is C15H30. The first kappa shape index (κ1) is 16.9. The number of hydrogen-bond acceptors (Lipinski definition) is 0. The Morgan fingerprint density at radius 3 is 2.00 bits per heavy atom. The minimum Gasteiger partial charge on any atom is -0.103 e. The molecule has 0 heterocycles. The van der Waals surface area contributed by atoms with E-state index in [4.69, 9.17) is 0 Å². The van der Waals surface area contributed by atoms with Gasteiger partial charge in [-0.25, -0.2) is 0 Å². The summed E-state index contributed by atoms with van der Waals surface area (Å²) in [7, 11) is 0. The lowest BCUT2D eigenvalue weighted by Crippen LogP contribution is -2.14. The van der Waals surface area contributed by atoms with E-state index >= 15 is 0 Å². The standard InChI is InChI=1S/C13H24.C2H6/c1-7-12(11(4)5)10-13(6,8-2)9-3;1-2/h7-8,11H,2,9-10H2,1,3-6H3;1-2H3/b12-7+;. The third kappa shape index (κ3) is 6.54. The molecule has 0 rings (SSSR count). The lowest BCUT2D eigenvalue weighted by atomic mass is 9.78. The van der Waals surface area contributed by atoms with Crippen molar-refractivity contribution in [2.45, 2.75) is 61.3 Å². The van der Waals surface area contributed by atoms with E-state index in [2.05, 4.69) is 53.3 Å². The van der Waals surface area contributed by atoms with Gasteiger partial charge in [0.25, 0.3) is 0 Å². The average Bonchev–Trinajstić information content (AvgIpc) is 2.28. The second kappa shape index (κ2) is 8.76. The molecule has 1 unspecified atom stereocenters. The Bertz CT molecular complexity index is 186. The summed E-state index contributed by atoms with van der Waals surface area (Å²) >= 11 is 0. The van der Waals surface area contributed by atoms with Crippen LogP contribution in [0.4, 0.5) is 0 Å². The topological polar surface area (TPSA) is 0 Å². The van der Waals surface area contributed by atoms with E-state index in [-0.39, 0.29) is 5.41 Å². The second-order valence-corrected chi connectivity index (χ2v) is 4.41. The van der Waals surface area contributed by atoms with Crippen LogP contribution < -0.4 is 0 Å². The van der Waals surface area contributed by atoms with Gasteiger partial charge in [0.1, 0.15) is 0 Å². The first-order chi connectivity index (χ1) is 6.99. The summed E-state index contributed by atoms with van der Waals surface area (Å²) in [4.78, 5) is 0. The Morgan fingerprint density at radius 2 is 1.80 bits per heavy atom. The summed E-state index contributed by atoms with van der Waals surface area (Å²) in [5.74, 6) is 0.663. The van der Waals surface area contributed by atoms with Gasteiger partial charge < -0.3 is 0 Å². The average molecular weight is 210 g/mol. The van der Waals surface area contributed by atoms with Gasteiger partial charge in [0, 0.05) is 0 Å². The van der Waals surface area contributed by atoms with Crippen molar-refractivity contribution in [3.8, 4) is 0 Å². The maximum Gasteiger partial charge on any atom is -0.0115 e. The second-order valence-electron chi connectivity index (χ2n) is 4.41. The minimum atomic E-state index is 0.284. The maximum absolute atomic E-state index is 3.92. The number of rotatable bonds is 5. The molecule has 0 aromatic heterocycles. The van der Waals surface area contributed by atoms with Crippen molar-refractivity contribution in [1.29, 1.82) is 0 Å². The smallest absolute Gasteiger partial charge is 0.0115 e. The Kier molecular flexibility index (Phi) is 9.87. The van der Waals surface area contributed by atoms with Crippen LogP contribution in [-0.4, -0.2) is 0 Å². The van der Waals surface area contributed by atoms with Gasteiger partial charge in [0.05, 0.1) is 0 Å². The van der Waals surface area contributed by atoms with Crippen LogP contribution in [0.5, 0.6) is 0 Å². The number of hydrogen-bond donors (Lipinski definition) is 0. The van der Waals surface area contributed by atoms with Gasteiger partial charge in [0.15, 0.2) is 0 Å². The van der Waals surface area contributed by atoms with Crippen LogP contribution in [0.15, 0.2) is 24.3 Å². The molecule has 0 aromatic rings. The van der Waals surface area contributed by atoms with Crippen molar-refractivity contribution < 1.29 is 0 Å². The summed E-state index contributed by atoms with van der Waals surface area (Å²) in [6.07, 6.45) is 6.67. The molecule has 0 nitrogen and oxygen atoms in total. The normalized spacial score (nSPS) is 15.3. The van der Waals surface area contributed by atoms with Gasteiger partial charge in [-0.3, -0.25) is 0 Å². The van der Waals surface area contributed by atoms with E-state index in [1.54, 1.807) is 5.57 Å². The molecule has 90 valence electrons. The molecule has 1 atom stereocenters. The van der Waals surface area contributed by atoms with Crippen LogP contribution in [0, 0.1) is 11.3 Å². The third-order valence-electron chi connectivity index (χ3n) is 3.02. The van der Waals surface area contributed by atoms with Crippen LogP contribution in [0.2, 0.25) is 0 Å². The highest BCUT2D eigenvalue weighted by atomic mass is 14.2. The minimum absolute atomic E-state index is 0.284. The van der Waals surface area contributed by atoms with E-state index < -0.39 is 0 Å². The SMILES string of the molecule is C=CC(C)(CC)C/C(=C\C)C(C)C.CC. The molecule has 0 aromatic carbocycles. The summed E-state index contributed by atoms with van der Waals surface area (Å²) in [5.41, 5.74) is 1.83. The maximum atomic E-state index is 3.92. The monoisotopic (exact) mass is 210 g/mol. The Hall–Kier alpha value is -0.520. The third-order valence-corrected chi connectivity index (χ3v) is 3.02. The quantitative estimate of drug-likeness (QED) is 0.518. The van der Waals surface area contributed by atoms with Crippen LogP contribution >= 0.6 is 0 Å². The fourth-order valence-corrected chi connectivity index (χ4v) is 1.45. The fraction of sp³-hybridized carbons (Fsp3) is 0.733. The Balaban J connectivity index is 0. The van der Waals surface area contributed by atoms with Crippen LogP contribution in [0.3, 0.4) is 0 Å². The molecule has 0 bridgehead atoms. The molecule has 0 fully saturated rings. The highest BCUT2D eigenvalue weighted by Gasteiger charge is 2.20. The van der Waals surface area contributed by atoms with Crippen molar-refractivity contribution in [1.82, 2.24) is 0 Å². The molecule has 0 radical (unpaired) electrons. The highest BCUT2D eigenvalue weighted by Crippen LogP contribution is 2.33. The molecule has 0 saturated carbocycles. The van der Waals surface area contributed by atoms with E-state index in [1.165, 1.54) is 6.42 Å². The van der Waals surface area contributed by atoms with Gasteiger partial charge in [-0.15, -0.1) is 6.58 Å². The van der Waals surface area contributed by atoms with Gasteiger partial charge in [-0.1, -0.05) is 59.3 Å². The highest BCUT2D eigenvalue weighted by molar-refractivity contribution is 5.09. The molecule has 0 aliphatic rings. The first-order valence-corrected chi connectivity index (χ1v) is 6.27. The zero-order valence-corrected chi connectivity index (χ0v) is 11.9. The summed E-state index contributed by atoms with van der Waals surface area (Å²) < 4.78 is 0. The predicted molar refractivity (Wildman–Crippen MR) is 73.2 cm³/mol. The van der Waals surface area contributed by atoms with Gasteiger partial charge in [-0.2, -0.15) is 0 Å². The van der Waals surface area contributed by atoms with E-state index in [9.17, 15) is 0 Å². The van der Waals surface area contributed by atoms with E-state index in [0.29, 0.717) is 5.92 Å².